The average molecular weight is 190 g/mol. The maximum absolute atomic E-state index is 11.3. The van der Waals surface area contributed by atoms with Gasteiger partial charge >= 0.3 is 0 Å². The van der Waals surface area contributed by atoms with Gasteiger partial charge in [-0.2, -0.15) is 0 Å². The molecule has 1 fully saturated rings. The Kier molecular flexibility index (Phi) is 2.85. The minimum Gasteiger partial charge on any atom is -0.772 e. The fourth-order valence-corrected chi connectivity index (χ4v) is 1.96. The lowest BCUT2D eigenvalue weighted by Gasteiger charge is -2.21. The Morgan fingerprint density at radius 2 is 2.25 bits per heavy atom. The lowest BCUT2D eigenvalue weighted by atomic mass is 10.3. The van der Waals surface area contributed by atoms with Gasteiger partial charge in [-0.3, -0.25) is 9.00 Å². The molecule has 12 heavy (non-hydrogen) atoms. The molecule has 1 saturated heterocycles. The van der Waals surface area contributed by atoms with Gasteiger partial charge in [0.2, 0.25) is 5.91 Å². The summed E-state index contributed by atoms with van der Waals surface area (Å²) in [6.45, 7) is 4.33. The number of carbonyl (C=O) groups is 1. The van der Waals surface area contributed by atoms with Crippen LogP contribution in [0.25, 0.3) is 0 Å². The van der Waals surface area contributed by atoms with Crippen molar-refractivity contribution >= 4 is 17.0 Å². The third-order valence-electron chi connectivity index (χ3n) is 2.05. The Morgan fingerprint density at radius 3 is 2.50 bits per heavy atom. The van der Waals surface area contributed by atoms with E-state index >= 15 is 0 Å². The van der Waals surface area contributed by atoms with Crippen LogP contribution in [0, 0.1) is 0 Å². The molecule has 0 aromatic heterocycles. The van der Waals surface area contributed by atoms with Crippen molar-refractivity contribution in [3.63, 3.8) is 0 Å². The van der Waals surface area contributed by atoms with Crippen LogP contribution in [0.5, 0.6) is 0 Å². The van der Waals surface area contributed by atoms with Gasteiger partial charge in [-0.05, 0) is 31.3 Å². The molecule has 2 unspecified atom stereocenters. The van der Waals surface area contributed by atoms with Gasteiger partial charge in [0, 0.05) is 12.6 Å². The van der Waals surface area contributed by atoms with Crippen LogP contribution in [-0.2, 0) is 15.9 Å². The third-order valence-corrected chi connectivity index (χ3v) is 2.95. The van der Waals surface area contributed by atoms with Gasteiger partial charge in [0.15, 0.2) is 0 Å². The highest BCUT2D eigenvalue weighted by molar-refractivity contribution is 7.80. The second-order valence-corrected chi connectivity index (χ2v) is 4.25. The van der Waals surface area contributed by atoms with Gasteiger partial charge in [0.05, 0.1) is 0 Å². The van der Waals surface area contributed by atoms with Gasteiger partial charge in [0.25, 0.3) is 0 Å². The first kappa shape index (κ1) is 9.67. The van der Waals surface area contributed by atoms with Gasteiger partial charge in [-0.1, -0.05) is 0 Å². The zero-order chi connectivity index (χ0) is 9.30. The second kappa shape index (κ2) is 3.53. The quantitative estimate of drug-likeness (QED) is 0.570. The largest absolute Gasteiger partial charge is 0.772 e. The highest BCUT2D eigenvalue weighted by Gasteiger charge is 2.33. The first-order valence-corrected chi connectivity index (χ1v) is 5.06. The average Bonchev–Trinajstić information content (AvgIpc) is 2.30. The molecule has 0 bridgehead atoms. The molecule has 0 aromatic rings. The van der Waals surface area contributed by atoms with Crippen LogP contribution in [0.15, 0.2) is 0 Å². The summed E-state index contributed by atoms with van der Waals surface area (Å²) in [6, 6.07) is 0.103. The Hall–Kier alpha value is -0.420. The zero-order valence-electron chi connectivity index (χ0n) is 7.15. The number of hydrogen-bond acceptors (Lipinski definition) is 3. The summed E-state index contributed by atoms with van der Waals surface area (Å²) in [4.78, 5) is 12.9. The van der Waals surface area contributed by atoms with Crippen molar-refractivity contribution in [1.82, 2.24) is 4.90 Å². The molecule has 0 aliphatic carbocycles. The number of nitrogens with zero attached hydrogens (tertiary/aromatic N) is 1. The molecule has 1 heterocycles. The number of hydrogen-bond donors (Lipinski definition) is 0. The minimum absolute atomic E-state index is 0.103. The van der Waals surface area contributed by atoms with Crippen LogP contribution in [0.4, 0.5) is 0 Å². The van der Waals surface area contributed by atoms with Crippen molar-refractivity contribution in [2.75, 3.05) is 6.54 Å². The van der Waals surface area contributed by atoms with Crippen molar-refractivity contribution in [3.05, 3.63) is 0 Å². The van der Waals surface area contributed by atoms with Crippen molar-refractivity contribution < 1.29 is 13.6 Å². The molecule has 5 heteroatoms. The van der Waals surface area contributed by atoms with Crippen LogP contribution in [0.1, 0.15) is 20.3 Å². The van der Waals surface area contributed by atoms with Crippen LogP contribution < -0.4 is 0 Å². The first-order valence-electron chi connectivity index (χ1n) is 3.92. The van der Waals surface area contributed by atoms with Crippen LogP contribution in [0.3, 0.4) is 0 Å². The molecule has 0 radical (unpaired) electrons. The highest BCUT2D eigenvalue weighted by atomic mass is 32.2. The van der Waals surface area contributed by atoms with Gasteiger partial charge in [-0.15, -0.1) is 0 Å². The third kappa shape index (κ3) is 1.67. The molecule has 2 atom stereocenters. The summed E-state index contributed by atoms with van der Waals surface area (Å²) < 4.78 is 21.1. The second-order valence-electron chi connectivity index (χ2n) is 3.16. The molecule has 0 N–H and O–H groups in total. The van der Waals surface area contributed by atoms with Gasteiger partial charge < -0.3 is 9.45 Å². The van der Waals surface area contributed by atoms with Gasteiger partial charge in [0.1, 0.15) is 5.25 Å². The predicted molar refractivity (Wildman–Crippen MR) is 44.2 cm³/mol. The number of carbonyl (C=O) groups excluding carboxylic acids is 1. The summed E-state index contributed by atoms with van der Waals surface area (Å²) >= 11 is -2.25. The lowest BCUT2D eigenvalue weighted by Crippen LogP contribution is -2.36. The molecule has 1 aliphatic rings. The van der Waals surface area contributed by atoms with Gasteiger partial charge in [-0.25, -0.2) is 0 Å². The highest BCUT2D eigenvalue weighted by Crippen LogP contribution is 2.17. The monoisotopic (exact) mass is 190 g/mol. The normalized spacial score (nSPS) is 26.8. The summed E-state index contributed by atoms with van der Waals surface area (Å²) in [7, 11) is 0. The molecule has 1 amide bonds. The number of amides is 1. The van der Waals surface area contributed by atoms with Crippen LogP contribution in [0.2, 0.25) is 0 Å². The molecule has 70 valence electrons. The van der Waals surface area contributed by atoms with Crippen molar-refractivity contribution in [2.24, 2.45) is 0 Å². The van der Waals surface area contributed by atoms with E-state index in [1.807, 2.05) is 13.8 Å². The fourth-order valence-electron chi connectivity index (χ4n) is 1.37. The summed E-state index contributed by atoms with van der Waals surface area (Å²) in [5.41, 5.74) is 0. The summed E-state index contributed by atoms with van der Waals surface area (Å²) in [6.07, 6.45) is 0.438. The zero-order valence-corrected chi connectivity index (χ0v) is 7.97. The Balaban J connectivity index is 2.67. The van der Waals surface area contributed by atoms with E-state index < -0.39 is 16.3 Å². The van der Waals surface area contributed by atoms with E-state index in [-0.39, 0.29) is 11.9 Å². The predicted octanol–water partition coefficient (Wildman–Crippen LogP) is -0.125. The minimum atomic E-state index is -2.25. The molecular weight excluding hydrogens is 178 g/mol. The molecular formula is C7H12NO3S-. The SMILES string of the molecule is CC(C)N1CCC(S(=O)[O-])C1=O. The fraction of sp³-hybridized carbons (Fsp3) is 0.857. The number of rotatable bonds is 2. The summed E-state index contributed by atoms with van der Waals surface area (Å²) in [5, 5.41) is -0.799. The van der Waals surface area contributed by atoms with E-state index in [9.17, 15) is 13.6 Å². The first-order chi connectivity index (χ1) is 5.54. The molecule has 0 spiro atoms. The molecule has 4 nitrogen and oxygen atoms in total. The van der Waals surface area contributed by atoms with E-state index in [0.29, 0.717) is 13.0 Å². The van der Waals surface area contributed by atoms with E-state index in [0.717, 1.165) is 0 Å². The maximum atomic E-state index is 11.3. The van der Waals surface area contributed by atoms with Crippen LogP contribution in [-0.4, -0.2) is 37.4 Å². The van der Waals surface area contributed by atoms with Crippen molar-refractivity contribution in [2.45, 2.75) is 31.6 Å². The van der Waals surface area contributed by atoms with E-state index in [1.165, 1.54) is 0 Å². The van der Waals surface area contributed by atoms with Crippen molar-refractivity contribution in [1.29, 1.82) is 0 Å². The topological polar surface area (TPSA) is 60.4 Å². The van der Waals surface area contributed by atoms with E-state index in [4.69, 9.17) is 0 Å². The van der Waals surface area contributed by atoms with Crippen molar-refractivity contribution in [3.8, 4) is 0 Å². The molecule has 0 aromatic carbocycles. The Morgan fingerprint density at radius 1 is 1.67 bits per heavy atom. The van der Waals surface area contributed by atoms with Crippen LogP contribution >= 0.6 is 0 Å². The standard InChI is InChI=1S/C7H13NO3S/c1-5(2)8-4-3-6(7(8)9)12(10)11/h5-6H,3-4H2,1-2H3,(H,10,11)/p-1. The smallest absolute Gasteiger partial charge is 0.237 e. The number of likely N-dealkylation sites (tertiary alicyclic amines) is 1. The molecule has 1 rings (SSSR count). The Labute approximate surface area is 74.2 Å². The molecule has 1 aliphatic heterocycles. The maximum Gasteiger partial charge on any atom is 0.237 e. The molecule has 0 saturated carbocycles. The lowest BCUT2D eigenvalue weighted by molar-refractivity contribution is -0.128. The summed E-state index contributed by atoms with van der Waals surface area (Å²) in [5.74, 6) is -0.252. The van der Waals surface area contributed by atoms with E-state index in [2.05, 4.69) is 0 Å². The Bertz CT molecular complexity index is 217. The van der Waals surface area contributed by atoms with E-state index in [1.54, 1.807) is 4.90 Å².